The molecule has 0 aromatic heterocycles. The molecular formula is C27H28F7NO3S2. The van der Waals surface area contributed by atoms with Crippen molar-refractivity contribution >= 4 is 40.9 Å². The maximum absolute atomic E-state index is 15.5. The second kappa shape index (κ2) is 11.5. The molecule has 220 valence electrons. The molecule has 0 bridgehead atoms. The summed E-state index contributed by atoms with van der Waals surface area (Å²) in [6.45, 7) is 2.49. The Labute approximate surface area is 235 Å². The van der Waals surface area contributed by atoms with E-state index in [0.717, 1.165) is 23.5 Å². The van der Waals surface area contributed by atoms with Gasteiger partial charge >= 0.3 is 12.1 Å². The van der Waals surface area contributed by atoms with Crippen LogP contribution < -0.4 is 9.64 Å². The first kappa shape index (κ1) is 30.7. The Balaban J connectivity index is 1.75. The number of carboxylic acid groups (broad SMARTS) is 1. The smallest absolute Gasteiger partial charge is 0.389 e. The number of alkyl halides is 6. The number of carboxylic acids is 1. The molecule has 1 N–H and O–H groups in total. The van der Waals surface area contributed by atoms with E-state index in [2.05, 4.69) is 0 Å². The van der Waals surface area contributed by atoms with Gasteiger partial charge in [-0.1, -0.05) is 11.8 Å². The van der Waals surface area contributed by atoms with Crippen molar-refractivity contribution in [2.24, 2.45) is 11.3 Å². The van der Waals surface area contributed by atoms with Crippen molar-refractivity contribution in [2.45, 2.75) is 72.2 Å². The number of nitrogens with zero attached hydrogens (tertiary/aromatic N) is 1. The van der Waals surface area contributed by atoms with E-state index >= 15 is 4.39 Å². The van der Waals surface area contributed by atoms with Crippen LogP contribution in [0.3, 0.4) is 0 Å². The van der Waals surface area contributed by atoms with E-state index in [-0.39, 0.29) is 31.7 Å². The van der Waals surface area contributed by atoms with E-state index in [1.165, 1.54) is 44.2 Å². The average Bonchev–Trinajstić information content (AvgIpc) is 2.96. The van der Waals surface area contributed by atoms with Gasteiger partial charge in [-0.2, -0.15) is 13.2 Å². The van der Waals surface area contributed by atoms with Crippen LogP contribution in [0.4, 0.5) is 42.1 Å². The van der Waals surface area contributed by atoms with E-state index in [0.29, 0.717) is 21.2 Å². The molecule has 40 heavy (non-hydrogen) atoms. The second-order valence-corrected chi connectivity index (χ2v) is 13.2. The quantitative estimate of drug-likeness (QED) is 0.286. The van der Waals surface area contributed by atoms with Crippen LogP contribution >= 0.6 is 23.5 Å². The van der Waals surface area contributed by atoms with Gasteiger partial charge in [-0.15, -0.1) is 11.8 Å². The molecule has 13 heteroatoms. The third-order valence-corrected chi connectivity index (χ3v) is 9.22. The molecule has 0 amide bonds. The number of fused-ring (bicyclic) bond motifs is 1. The van der Waals surface area contributed by atoms with Crippen LogP contribution in [0, 0.1) is 17.2 Å². The van der Waals surface area contributed by atoms with Gasteiger partial charge in [-0.25, -0.2) is 17.6 Å². The summed E-state index contributed by atoms with van der Waals surface area (Å²) in [6.07, 6.45) is -6.86. The highest BCUT2D eigenvalue weighted by molar-refractivity contribution is 8.00. The molecule has 2 aliphatic rings. The lowest BCUT2D eigenvalue weighted by Crippen LogP contribution is -2.37. The van der Waals surface area contributed by atoms with Crippen molar-refractivity contribution in [1.82, 2.24) is 0 Å². The van der Waals surface area contributed by atoms with Gasteiger partial charge in [0.1, 0.15) is 18.2 Å². The third kappa shape index (κ3) is 7.51. The zero-order valence-corrected chi connectivity index (χ0v) is 23.2. The molecule has 1 heterocycles. The minimum atomic E-state index is -4.48. The molecule has 1 fully saturated rings. The maximum Gasteiger partial charge on any atom is 0.389 e. The van der Waals surface area contributed by atoms with Crippen LogP contribution in [-0.2, 0) is 4.79 Å². The standard InChI is InChI=1S/C27H28F7NO3S2/c1-25(2,24(36)37)14-38-20-10-21-19(9-22(20)39-18-11-26(30,31)12-18)35(17-5-3-16(28)4-6-17)13-15(23(29)40-21)7-8-27(32,33)34/h3-6,9-10,15,18,23H,7-8,11-14H2,1-2H3,(H,36,37). The molecule has 1 aliphatic heterocycles. The number of ether oxygens (including phenoxy) is 1. The van der Waals surface area contributed by atoms with Gasteiger partial charge < -0.3 is 14.7 Å². The Kier molecular flexibility index (Phi) is 8.85. The minimum Gasteiger partial charge on any atom is -0.491 e. The summed E-state index contributed by atoms with van der Waals surface area (Å²) in [5.74, 6) is -5.32. The fourth-order valence-electron chi connectivity index (χ4n) is 4.30. The van der Waals surface area contributed by atoms with Crippen LogP contribution in [0.1, 0.15) is 39.5 Å². The van der Waals surface area contributed by atoms with Crippen molar-refractivity contribution in [2.75, 3.05) is 18.1 Å². The fourth-order valence-corrected chi connectivity index (χ4v) is 6.85. The van der Waals surface area contributed by atoms with Gasteiger partial charge in [-0.3, -0.25) is 4.79 Å². The summed E-state index contributed by atoms with van der Waals surface area (Å²) in [6, 6.07) is 8.32. The number of rotatable bonds is 9. The fraction of sp³-hybridized carbons (Fsp3) is 0.519. The lowest BCUT2D eigenvalue weighted by atomic mass is 9.94. The first-order valence-electron chi connectivity index (χ1n) is 12.5. The molecule has 1 saturated carbocycles. The van der Waals surface area contributed by atoms with Crippen LogP contribution in [0.5, 0.6) is 5.75 Å². The van der Waals surface area contributed by atoms with Crippen LogP contribution in [0.25, 0.3) is 0 Å². The number of aliphatic carboxylic acids is 1. The summed E-state index contributed by atoms with van der Waals surface area (Å²) >= 11 is 1.84. The lowest BCUT2D eigenvalue weighted by Gasteiger charge is -2.35. The summed E-state index contributed by atoms with van der Waals surface area (Å²) in [5.41, 5.74) is -2.19. The highest BCUT2D eigenvalue weighted by Gasteiger charge is 2.46. The third-order valence-electron chi connectivity index (χ3n) is 6.79. The van der Waals surface area contributed by atoms with E-state index in [1.54, 1.807) is 11.0 Å². The van der Waals surface area contributed by atoms with Crippen molar-refractivity contribution in [3.05, 3.63) is 42.2 Å². The molecule has 2 atom stereocenters. The first-order valence-corrected chi connectivity index (χ1v) is 14.3. The Morgan fingerprint density at radius 1 is 1.18 bits per heavy atom. The number of benzene rings is 2. The van der Waals surface area contributed by atoms with Gasteiger partial charge in [0, 0.05) is 47.6 Å². The molecule has 0 radical (unpaired) electrons. The minimum absolute atomic E-state index is 0.138. The first-order chi connectivity index (χ1) is 18.5. The summed E-state index contributed by atoms with van der Waals surface area (Å²) in [5, 5.41) is 9.03. The Bertz CT molecular complexity index is 1220. The van der Waals surface area contributed by atoms with Gasteiger partial charge in [-0.05, 0) is 56.7 Å². The summed E-state index contributed by atoms with van der Waals surface area (Å²) < 4.78 is 101. The van der Waals surface area contributed by atoms with Crippen molar-refractivity contribution in [3.8, 4) is 5.75 Å². The molecule has 2 aromatic carbocycles. The number of thioether (sulfide) groups is 2. The predicted octanol–water partition coefficient (Wildman–Crippen LogP) is 8.70. The van der Waals surface area contributed by atoms with Crippen molar-refractivity contribution in [3.63, 3.8) is 0 Å². The van der Waals surface area contributed by atoms with Crippen LogP contribution in [0.2, 0.25) is 0 Å². The predicted molar refractivity (Wildman–Crippen MR) is 140 cm³/mol. The normalized spacial score (nSPS) is 21.4. The summed E-state index contributed by atoms with van der Waals surface area (Å²) in [4.78, 5) is 13.9. The van der Waals surface area contributed by atoms with Gasteiger partial charge in [0.2, 0.25) is 5.92 Å². The zero-order chi connectivity index (χ0) is 29.5. The monoisotopic (exact) mass is 611 g/mol. The molecule has 4 rings (SSSR count). The average molecular weight is 612 g/mol. The van der Waals surface area contributed by atoms with Crippen molar-refractivity contribution < 1.29 is 45.4 Å². The number of hydrogen-bond acceptors (Lipinski definition) is 5. The van der Waals surface area contributed by atoms with Crippen molar-refractivity contribution in [1.29, 1.82) is 0 Å². The van der Waals surface area contributed by atoms with E-state index < -0.39 is 58.8 Å². The molecule has 4 nitrogen and oxygen atoms in total. The topological polar surface area (TPSA) is 49.8 Å². The molecule has 0 spiro atoms. The number of halogens is 7. The molecule has 1 aliphatic carbocycles. The Hall–Kier alpha value is -2.28. The Morgan fingerprint density at radius 3 is 2.40 bits per heavy atom. The van der Waals surface area contributed by atoms with Gasteiger partial charge in [0.15, 0.2) is 5.50 Å². The number of hydrogen-bond donors (Lipinski definition) is 1. The highest BCUT2D eigenvalue weighted by Crippen LogP contribution is 2.53. The van der Waals surface area contributed by atoms with Crippen LogP contribution in [0.15, 0.2) is 46.2 Å². The van der Waals surface area contributed by atoms with Gasteiger partial charge in [0.05, 0.1) is 16.0 Å². The number of carbonyl (C=O) groups is 1. The summed E-state index contributed by atoms with van der Waals surface area (Å²) in [7, 11) is 0. The molecular weight excluding hydrogens is 583 g/mol. The zero-order valence-electron chi connectivity index (χ0n) is 21.6. The maximum atomic E-state index is 15.5. The number of anilines is 2. The molecule has 2 unspecified atom stereocenters. The van der Waals surface area contributed by atoms with Gasteiger partial charge in [0.25, 0.3) is 0 Å². The highest BCUT2D eigenvalue weighted by atomic mass is 32.2. The van der Waals surface area contributed by atoms with E-state index in [4.69, 9.17) is 4.74 Å². The van der Waals surface area contributed by atoms with Crippen LogP contribution in [-0.4, -0.2) is 47.1 Å². The molecule has 0 saturated heterocycles. The van der Waals surface area contributed by atoms with E-state index in [1.807, 2.05) is 0 Å². The lowest BCUT2D eigenvalue weighted by molar-refractivity contribution is -0.148. The second-order valence-electron chi connectivity index (χ2n) is 10.7. The SMILES string of the molecule is CC(C)(COc1cc2c(cc1SC1CC(F)(F)C1)N(c1ccc(F)cc1)CC(CCC(F)(F)F)C(F)S2)C(=O)O. The van der Waals surface area contributed by atoms with E-state index in [9.17, 15) is 36.2 Å². The molecule has 2 aromatic rings. The largest absolute Gasteiger partial charge is 0.491 e. The Morgan fingerprint density at radius 2 is 1.82 bits per heavy atom.